The lowest BCUT2D eigenvalue weighted by atomic mass is 10.1. The molecule has 0 spiro atoms. The number of nitrogens with zero attached hydrogens (tertiary/aromatic N) is 5. The van der Waals surface area contributed by atoms with Crippen molar-refractivity contribution < 1.29 is 14.6 Å². The van der Waals surface area contributed by atoms with Crippen molar-refractivity contribution in [1.82, 2.24) is 24.3 Å². The summed E-state index contributed by atoms with van der Waals surface area (Å²) in [6.07, 6.45) is 3.51. The highest BCUT2D eigenvalue weighted by molar-refractivity contribution is 9.10. The van der Waals surface area contributed by atoms with E-state index in [2.05, 4.69) is 37.9 Å². The first-order chi connectivity index (χ1) is 16.2. The predicted octanol–water partition coefficient (Wildman–Crippen LogP) is 4.68. The third kappa shape index (κ3) is 5.06. The molecule has 1 atom stereocenters. The number of carbonyl (C=O) groups is 1. The first-order valence-electron chi connectivity index (χ1n) is 11.0. The van der Waals surface area contributed by atoms with E-state index in [9.17, 15) is 9.90 Å². The second-order valence-electron chi connectivity index (χ2n) is 8.49. The number of carboxylic acid groups (broad SMARTS) is 1. The van der Waals surface area contributed by atoms with Crippen LogP contribution in [0.2, 0.25) is 0 Å². The van der Waals surface area contributed by atoms with Crippen molar-refractivity contribution in [3.05, 3.63) is 52.3 Å². The van der Waals surface area contributed by atoms with Gasteiger partial charge in [0.15, 0.2) is 0 Å². The quantitative estimate of drug-likeness (QED) is 0.324. The maximum absolute atomic E-state index is 11.4. The molecule has 0 saturated carbocycles. The van der Waals surface area contributed by atoms with Crippen LogP contribution in [0.5, 0.6) is 5.88 Å². The maximum atomic E-state index is 11.4. The lowest BCUT2D eigenvalue weighted by Crippen LogP contribution is -2.12. The number of anilines is 1. The van der Waals surface area contributed by atoms with Crippen LogP contribution in [-0.2, 0) is 13.6 Å². The number of imidazole rings is 1. The first kappa shape index (κ1) is 23.7. The molecule has 0 aliphatic rings. The van der Waals surface area contributed by atoms with Gasteiger partial charge < -0.3 is 20.1 Å². The van der Waals surface area contributed by atoms with Gasteiger partial charge in [0.25, 0.3) is 0 Å². The van der Waals surface area contributed by atoms with Crippen LogP contribution in [0.25, 0.3) is 22.3 Å². The number of hydrogen-bond acceptors (Lipinski definition) is 6. The summed E-state index contributed by atoms with van der Waals surface area (Å²) in [6.45, 7) is 5.17. The molecule has 0 bridgehead atoms. The molecule has 3 aromatic heterocycles. The molecule has 0 radical (unpaired) electrons. The number of halogens is 1. The Morgan fingerprint density at radius 3 is 2.82 bits per heavy atom. The van der Waals surface area contributed by atoms with E-state index in [1.807, 2.05) is 22.8 Å². The van der Waals surface area contributed by atoms with E-state index in [1.54, 1.807) is 37.0 Å². The molecule has 9 nitrogen and oxygen atoms in total. The van der Waals surface area contributed by atoms with Crippen molar-refractivity contribution in [1.29, 1.82) is 0 Å². The van der Waals surface area contributed by atoms with Crippen molar-refractivity contribution >= 4 is 38.9 Å². The number of pyridine rings is 1. The maximum Gasteiger partial charge on any atom is 0.335 e. The van der Waals surface area contributed by atoms with Crippen LogP contribution in [-0.4, -0.2) is 42.0 Å². The molecule has 0 amide bonds. The number of benzene rings is 1. The molecule has 3 heterocycles. The zero-order chi connectivity index (χ0) is 24.4. The molecule has 1 aromatic carbocycles. The fraction of sp³-hybridized carbons (Fsp3) is 0.333. The summed E-state index contributed by atoms with van der Waals surface area (Å²) in [6, 6.07) is 9.03. The molecule has 34 heavy (non-hydrogen) atoms. The Bertz CT molecular complexity index is 1350. The van der Waals surface area contributed by atoms with Gasteiger partial charge in [-0.1, -0.05) is 22.9 Å². The summed E-state index contributed by atoms with van der Waals surface area (Å²) in [4.78, 5) is 20.4. The summed E-state index contributed by atoms with van der Waals surface area (Å²) in [5, 5.41) is 13.7. The molecule has 0 aliphatic heterocycles. The van der Waals surface area contributed by atoms with Crippen molar-refractivity contribution in [2.45, 2.75) is 33.2 Å². The number of ether oxygens (including phenoxy) is 1. The van der Waals surface area contributed by atoms with Crippen LogP contribution < -0.4 is 10.5 Å². The zero-order valence-corrected chi connectivity index (χ0v) is 20.9. The molecule has 4 aromatic rings. The third-order valence-corrected chi connectivity index (χ3v) is 6.18. The Kier molecular flexibility index (Phi) is 6.87. The van der Waals surface area contributed by atoms with Gasteiger partial charge >= 0.3 is 5.97 Å². The second-order valence-corrected chi connectivity index (χ2v) is 9.40. The summed E-state index contributed by atoms with van der Waals surface area (Å²) < 4.78 is 10.8. The van der Waals surface area contributed by atoms with Gasteiger partial charge in [-0.3, -0.25) is 4.98 Å². The van der Waals surface area contributed by atoms with Gasteiger partial charge in [-0.25, -0.2) is 14.5 Å². The molecule has 10 heteroatoms. The zero-order valence-electron chi connectivity index (χ0n) is 19.3. The molecule has 178 valence electrons. The van der Waals surface area contributed by atoms with Gasteiger partial charge in [0.05, 0.1) is 40.7 Å². The van der Waals surface area contributed by atoms with Gasteiger partial charge in [-0.2, -0.15) is 5.10 Å². The SMILES string of the molecule is Cc1cc(C(=O)O)cc(-c2cnn(C)c2OC[C@@H](C)CCCn2c(N)nc3ccc(Br)cc32)n1. The minimum absolute atomic E-state index is 0.184. The average molecular weight is 527 g/mol. The number of carboxylic acids is 1. The normalized spacial score (nSPS) is 12.2. The van der Waals surface area contributed by atoms with Crippen LogP contribution in [0.4, 0.5) is 5.95 Å². The highest BCUT2D eigenvalue weighted by atomic mass is 79.9. The molecular formula is C24H27BrN6O3. The van der Waals surface area contributed by atoms with Crippen LogP contribution in [0.15, 0.2) is 41.0 Å². The molecule has 3 N–H and O–H groups in total. The van der Waals surface area contributed by atoms with Crippen LogP contribution >= 0.6 is 15.9 Å². The Morgan fingerprint density at radius 1 is 1.26 bits per heavy atom. The van der Waals surface area contributed by atoms with Crippen LogP contribution in [0.3, 0.4) is 0 Å². The third-order valence-electron chi connectivity index (χ3n) is 5.68. The van der Waals surface area contributed by atoms with E-state index < -0.39 is 5.97 Å². The molecular weight excluding hydrogens is 500 g/mol. The summed E-state index contributed by atoms with van der Waals surface area (Å²) >= 11 is 3.51. The van der Waals surface area contributed by atoms with Gasteiger partial charge in [0.2, 0.25) is 11.8 Å². The number of aryl methyl sites for hydroxylation is 3. The topological polar surface area (TPSA) is 121 Å². The van der Waals surface area contributed by atoms with E-state index >= 15 is 0 Å². The van der Waals surface area contributed by atoms with Gasteiger partial charge in [-0.15, -0.1) is 0 Å². The smallest absolute Gasteiger partial charge is 0.335 e. The lowest BCUT2D eigenvalue weighted by Gasteiger charge is -2.15. The number of nitrogen functional groups attached to an aromatic ring is 1. The minimum Gasteiger partial charge on any atom is -0.478 e. The number of rotatable bonds is 9. The monoisotopic (exact) mass is 526 g/mol. The fourth-order valence-corrected chi connectivity index (χ4v) is 4.30. The number of nitrogens with two attached hydrogens (primary N) is 1. The molecule has 0 unspecified atom stereocenters. The Hall–Kier alpha value is -3.40. The number of aromatic nitrogens is 5. The first-order valence-corrected chi connectivity index (χ1v) is 11.8. The largest absolute Gasteiger partial charge is 0.478 e. The van der Waals surface area contributed by atoms with Gasteiger partial charge in [0.1, 0.15) is 0 Å². The number of fused-ring (bicyclic) bond motifs is 1. The summed E-state index contributed by atoms with van der Waals surface area (Å²) in [5.74, 6) is 0.370. The number of hydrogen-bond donors (Lipinski definition) is 2. The van der Waals surface area contributed by atoms with Crippen molar-refractivity contribution in [3.8, 4) is 17.1 Å². The molecule has 4 rings (SSSR count). The van der Waals surface area contributed by atoms with E-state index in [1.165, 1.54) is 0 Å². The number of aromatic carboxylic acids is 1. The standard InChI is InChI=1S/C24H27BrN6O3/c1-14(5-4-8-31-21-11-17(25)6-7-19(21)29-24(31)26)13-34-22-18(12-27-30(22)3)20-10-16(23(32)33)9-15(2)28-20/h6-7,9-12,14H,4-5,8,13H2,1-3H3,(H2,26,29)(H,32,33)/t14-/m0/s1. The van der Waals surface area contributed by atoms with E-state index in [0.29, 0.717) is 35.4 Å². The highest BCUT2D eigenvalue weighted by Gasteiger charge is 2.17. The van der Waals surface area contributed by atoms with Crippen molar-refractivity contribution in [2.75, 3.05) is 12.3 Å². The Morgan fingerprint density at radius 2 is 2.06 bits per heavy atom. The van der Waals surface area contributed by atoms with Crippen molar-refractivity contribution in [2.24, 2.45) is 13.0 Å². The lowest BCUT2D eigenvalue weighted by molar-refractivity contribution is 0.0696. The van der Waals surface area contributed by atoms with Crippen LogP contribution in [0.1, 0.15) is 35.8 Å². The van der Waals surface area contributed by atoms with E-state index in [4.69, 9.17) is 10.5 Å². The van der Waals surface area contributed by atoms with Gasteiger partial charge in [0, 0.05) is 23.8 Å². The van der Waals surface area contributed by atoms with Crippen LogP contribution in [0, 0.1) is 12.8 Å². The fourth-order valence-electron chi connectivity index (χ4n) is 3.96. The predicted molar refractivity (Wildman–Crippen MR) is 134 cm³/mol. The second kappa shape index (κ2) is 9.84. The molecule has 0 fully saturated rings. The highest BCUT2D eigenvalue weighted by Crippen LogP contribution is 2.30. The minimum atomic E-state index is -0.995. The Labute approximate surface area is 205 Å². The molecule has 0 saturated heterocycles. The molecule has 0 aliphatic carbocycles. The van der Waals surface area contributed by atoms with E-state index in [0.717, 1.165) is 34.9 Å². The summed E-state index contributed by atoms with van der Waals surface area (Å²) in [7, 11) is 1.79. The summed E-state index contributed by atoms with van der Waals surface area (Å²) in [5.41, 5.74) is 10.0. The Balaban J connectivity index is 1.40. The average Bonchev–Trinajstić information content (AvgIpc) is 3.30. The van der Waals surface area contributed by atoms with Gasteiger partial charge in [-0.05, 0) is 56.0 Å². The van der Waals surface area contributed by atoms with Crippen molar-refractivity contribution in [3.63, 3.8) is 0 Å². The van der Waals surface area contributed by atoms with E-state index in [-0.39, 0.29) is 11.5 Å².